The number of para-hydroxylation sites is 1. The van der Waals surface area contributed by atoms with Gasteiger partial charge in [0, 0.05) is 22.1 Å². The summed E-state index contributed by atoms with van der Waals surface area (Å²) < 4.78 is 16.5. The minimum atomic E-state index is -0.580. The normalized spacial score (nSPS) is 14.4. The molecule has 0 aliphatic carbocycles. The minimum Gasteiger partial charge on any atom is -0.454 e. The van der Waals surface area contributed by atoms with Crippen LogP contribution >= 0.6 is 11.6 Å². The molecule has 3 aromatic carbocycles. The lowest BCUT2D eigenvalue weighted by Crippen LogP contribution is -2.87. The molecule has 6 nitrogen and oxygen atoms in total. The van der Waals surface area contributed by atoms with Gasteiger partial charge in [0.25, 0.3) is 0 Å². The number of nitrogens with one attached hydrogen (secondary N) is 1. The highest BCUT2D eigenvalue weighted by Crippen LogP contribution is 2.34. The molecular weight excluding hydrogens is 452 g/mol. The SMILES string of the molecule is O[C@@H](C[NH2+]C[C@H](c1ccccc1Cl)c1c[nH]c2ccccc12)COCc1ccc2c(c1)OCO2. The number of hydrogen-bond acceptors (Lipinski definition) is 4. The standard InChI is InChI=1S/C27H27ClN2O4/c28-24-7-3-1-5-20(24)22(23-14-30-25-8-4-2-6-21(23)25)13-29-12-19(31)16-32-15-18-9-10-26-27(11-18)34-17-33-26/h1-11,14,19,22,29-31H,12-13,15-17H2/p+1/t19-,22+/m0/s1. The number of hydrogen-bond donors (Lipinski definition) is 3. The van der Waals surface area contributed by atoms with Crippen molar-refractivity contribution in [1.82, 2.24) is 4.98 Å². The van der Waals surface area contributed by atoms with Crippen LogP contribution in [0.25, 0.3) is 10.9 Å². The summed E-state index contributed by atoms with van der Waals surface area (Å²) >= 11 is 6.58. The van der Waals surface area contributed by atoms with E-state index in [9.17, 15) is 5.11 Å². The van der Waals surface area contributed by atoms with Crippen molar-refractivity contribution in [3.8, 4) is 11.5 Å². The van der Waals surface area contributed by atoms with Crippen LogP contribution in [0, 0.1) is 0 Å². The van der Waals surface area contributed by atoms with Gasteiger partial charge in [-0.1, -0.05) is 54.1 Å². The molecule has 34 heavy (non-hydrogen) atoms. The van der Waals surface area contributed by atoms with Crippen LogP contribution in [-0.4, -0.2) is 42.7 Å². The Morgan fingerprint density at radius 1 is 0.971 bits per heavy atom. The molecule has 0 saturated heterocycles. The lowest BCUT2D eigenvalue weighted by atomic mass is 9.90. The van der Waals surface area contributed by atoms with Crippen LogP contribution in [-0.2, 0) is 11.3 Å². The molecule has 0 amide bonds. The first kappa shape index (κ1) is 22.7. The molecule has 0 saturated carbocycles. The second kappa shape index (κ2) is 10.5. The van der Waals surface area contributed by atoms with E-state index < -0.39 is 6.10 Å². The predicted octanol–water partition coefficient (Wildman–Crippen LogP) is 3.82. The fraction of sp³-hybridized carbons (Fsp3) is 0.259. The molecule has 0 radical (unpaired) electrons. The van der Waals surface area contributed by atoms with E-state index in [0.717, 1.165) is 39.7 Å². The molecular formula is C27H28ClN2O4+. The van der Waals surface area contributed by atoms with E-state index in [2.05, 4.69) is 34.7 Å². The summed E-state index contributed by atoms with van der Waals surface area (Å²) in [6.45, 7) is 2.21. The number of rotatable bonds is 10. The van der Waals surface area contributed by atoms with Gasteiger partial charge in [0.2, 0.25) is 6.79 Å². The van der Waals surface area contributed by atoms with Gasteiger partial charge in [0.1, 0.15) is 12.6 Å². The zero-order chi connectivity index (χ0) is 23.3. The second-order valence-electron chi connectivity index (χ2n) is 8.48. The Hall–Kier alpha value is -3.03. The molecule has 4 aromatic rings. The summed E-state index contributed by atoms with van der Waals surface area (Å²) in [5.41, 5.74) is 4.37. The first-order chi connectivity index (χ1) is 16.7. The number of H-pyrrole nitrogens is 1. The minimum absolute atomic E-state index is 0.0894. The van der Waals surface area contributed by atoms with Crippen LogP contribution in [0.1, 0.15) is 22.6 Å². The molecule has 1 aliphatic heterocycles. The van der Waals surface area contributed by atoms with E-state index in [1.54, 1.807) is 0 Å². The van der Waals surface area contributed by atoms with Crippen LogP contribution in [0.3, 0.4) is 0 Å². The van der Waals surface area contributed by atoms with Gasteiger partial charge in [-0.25, -0.2) is 0 Å². The van der Waals surface area contributed by atoms with Crippen molar-refractivity contribution in [3.63, 3.8) is 0 Å². The molecule has 0 bridgehead atoms. The van der Waals surface area contributed by atoms with Crippen molar-refractivity contribution in [3.05, 3.63) is 94.6 Å². The lowest BCUT2D eigenvalue weighted by Gasteiger charge is -2.18. The van der Waals surface area contributed by atoms with Gasteiger partial charge >= 0.3 is 0 Å². The van der Waals surface area contributed by atoms with Crippen molar-refractivity contribution in [2.75, 3.05) is 26.5 Å². The third-order valence-electron chi connectivity index (χ3n) is 6.13. The van der Waals surface area contributed by atoms with Gasteiger partial charge in [-0.2, -0.15) is 0 Å². The maximum Gasteiger partial charge on any atom is 0.231 e. The molecule has 2 atom stereocenters. The average molecular weight is 480 g/mol. The van der Waals surface area contributed by atoms with E-state index in [1.807, 2.05) is 48.5 Å². The number of benzene rings is 3. The Kier molecular flexibility index (Phi) is 7.02. The largest absolute Gasteiger partial charge is 0.454 e. The van der Waals surface area contributed by atoms with Crippen LogP contribution in [0.15, 0.2) is 72.9 Å². The maximum absolute atomic E-state index is 10.5. The molecule has 1 aliphatic rings. The number of aromatic amines is 1. The zero-order valence-corrected chi connectivity index (χ0v) is 19.5. The fourth-order valence-corrected chi connectivity index (χ4v) is 4.70. The van der Waals surface area contributed by atoms with E-state index in [4.69, 9.17) is 25.8 Å². The van der Waals surface area contributed by atoms with Gasteiger partial charge in [0.15, 0.2) is 11.5 Å². The summed E-state index contributed by atoms with van der Waals surface area (Å²) in [5, 5.41) is 14.6. The maximum atomic E-state index is 10.5. The fourth-order valence-electron chi connectivity index (χ4n) is 4.43. The van der Waals surface area contributed by atoms with E-state index in [1.165, 1.54) is 10.9 Å². The molecule has 2 heterocycles. The van der Waals surface area contributed by atoms with Crippen molar-refractivity contribution in [1.29, 1.82) is 0 Å². The number of halogens is 1. The second-order valence-corrected chi connectivity index (χ2v) is 8.89. The number of fused-ring (bicyclic) bond motifs is 2. The quantitative estimate of drug-likeness (QED) is 0.323. The summed E-state index contributed by atoms with van der Waals surface area (Å²) in [5.74, 6) is 1.58. The molecule has 5 rings (SSSR count). The Labute approximate surface area is 203 Å². The predicted molar refractivity (Wildman–Crippen MR) is 131 cm³/mol. The topological polar surface area (TPSA) is 80.3 Å². The number of aliphatic hydroxyl groups is 1. The smallest absolute Gasteiger partial charge is 0.231 e. The lowest BCUT2D eigenvalue weighted by molar-refractivity contribution is -0.662. The van der Waals surface area contributed by atoms with Crippen LogP contribution < -0.4 is 14.8 Å². The summed E-state index contributed by atoms with van der Waals surface area (Å²) in [6, 6.07) is 22.0. The summed E-state index contributed by atoms with van der Waals surface area (Å²) in [7, 11) is 0. The van der Waals surface area contributed by atoms with E-state index >= 15 is 0 Å². The first-order valence-corrected chi connectivity index (χ1v) is 11.8. The molecule has 7 heteroatoms. The molecule has 1 aromatic heterocycles. The highest BCUT2D eigenvalue weighted by Gasteiger charge is 2.22. The van der Waals surface area contributed by atoms with Crippen molar-refractivity contribution in [2.24, 2.45) is 0 Å². The van der Waals surface area contributed by atoms with Gasteiger partial charge in [0.05, 0.1) is 25.7 Å². The third kappa shape index (κ3) is 5.05. The summed E-state index contributed by atoms with van der Waals surface area (Å²) in [4.78, 5) is 3.37. The van der Waals surface area contributed by atoms with Crippen LogP contribution in [0.5, 0.6) is 11.5 Å². The molecule has 0 unspecified atom stereocenters. The van der Waals surface area contributed by atoms with Crippen molar-refractivity contribution in [2.45, 2.75) is 18.6 Å². The first-order valence-electron chi connectivity index (χ1n) is 11.5. The van der Waals surface area contributed by atoms with Crippen molar-refractivity contribution < 1.29 is 24.6 Å². The Balaban J connectivity index is 1.19. The number of quaternary nitrogens is 1. The molecule has 4 N–H and O–H groups in total. The van der Waals surface area contributed by atoms with Gasteiger partial charge in [-0.3, -0.25) is 0 Å². The molecule has 0 spiro atoms. The average Bonchev–Trinajstić information content (AvgIpc) is 3.49. The van der Waals surface area contributed by atoms with E-state index in [-0.39, 0.29) is 19.3 Å². The number of nitrogens with two attached hydrogens (primary N) is 1. The highest BCUT2D eigenvalue weighted by atomic mass is 35.5. The summed E-state index contributed by atoms with van der Waals surface area (Å²) in [6.07, 6.45) is 1.49. The molecule has 0 fully saturated rings. The van der Waals surface area contributed by atoms with Gasteiger partial charge in [-0.05, 0) is 41.0 Å². The number of aromatic nitrogens is 1. The van der Waals surface area contributed by atoms with Crippen LogP contribution in [0.2, 0.25) is 5.02 Å². The van der Waals surface area contributed by atoms with Gasteiger partial charge < -0.3 is 29.6 Å². The van der Waals surface area contributed by atoms with Gasteiger partial charge in [-0.15, -0.1) is 0 Å². The van der Waals surface area contributed by atoms with E-state index in [0.29, 0.717) is 13.2 Å². The van der Waals surface area contributed by atoms with Crippen LogP contribution in [0.4, 0.5) is 0 Å². The third-order valence-corrected chi connectivity index (χ3v) is 6.48. The zero-order valence-electron chi connectivity index (χ0n) is 18.7. The van der Waals surface area contributed by atoms with Crippen molar-refractivity contribution >= 4 is 22.5 Å². The highest BCUT2D eigenvalue weighted by molar-refractivity contribution is 6.31. The molecule has 176 valence electrons. The monoisotopic (exact) mass is 479 g/mol. The Bertz CT molecular complexity index is 1260. The Morgan fingerprint density at radius 2 is 1.79 bits per heavy atom. The number of ether oxygens (including phenoxy) is 3. The Morgan fingerprint density at radius 3 is 2.71 bits per heavy atom. The number of aliphatic hydroxyl groups excluding tert-OH is 1.